The molecule has 0 atom stereocenters. The third kappa shape index (κ3) is 2.23. The molecule has 5 nitrogen and oxygen atoms in total. The third-order valence-corrected chi connectivity index (χ3v) is 3.59. The largest absolute Gasteiger partial charge is 0.315 e. The quantitative estimate of drug-likeness (QED) is 0.739. The molecule has 0 unspecified atom stereocenters. The van der Waals surface area contributed by atoms with Gasteiger partial charge >= 0.3 is 0 Å². The van der Waals surface area contributed by atoms with Crippen molar-refractivity contribution in [2.75, 3.05) is 0 Å². The number of nitrogens with zero attached hydrogens (tertiary/aromatic N) is 3. The number of hydrogen-bond acceptors (Lipinski definition) is 4. The van der Waals surface area contributed by atoms with Gasteiger partial charge in [-0.3, -0.25) is 9.36 Å². The van der Waals surface area contributed by atoms with Crippen LogP contribution in [-0.2, 0) is 6.54 Å². The van der Waals surface area contributed by atoms with Crippen molar-refractivity contribution in [1.29, 1.82) is 0 Å². The topological polar surface area (TPSA) is 63.6 Å². The van der Waals surface area contributed by atoms with E-state index in [2.05, 4.69) is 15.0 Å². The van der Waals surface area contributed by atoms with Crippen molar-refractivity contribution in [2.24, 2.45) is 0 Å². The fraction of sp³-hybridized carbons (Fsp3) is 0.0769. The molecule has 0 saturated carbocycles. The lowest BCUT2D eigenvalue weighted by Crippen LogP contribution is -2.24. The Morgan fingerprint density at radius 1 is 1.25 bits per heavy atom. The molecule has 20 heavy (non-hydrogen) atoms. The molecule has 100 valence electrons. The highest BCUT2D eigenvalue weighted by molar-refractivity contribution is 7.71. The number of rotatable bonds is 2. The number of H-pyrrole nitrogens is 1. The van der Waals surface area contributed by atoms with Crippen molar-refractivity contribution in [3.8, 4) is 0 Å². The first kappa shape index (κ1) is 13.0. The van der Waals surface area contributed by atoms with E-state index in [1.165, 1.54) is 17.0 Å². The highest BCUT2D eigenvalue weighted by atomic mass is 35.5. The predicted octanol–water partition coefficient (Wildman–Crippen LogP) is 2.55. The molecule has 0 radical (unpaired) electrons. The van der Waals surface area contributed by atoms with Gasteiger partial charge in [-0.05, 0) is 23.8 Å². The van der Waals surface area contributed by atoms with Crippen LogP contribution in [0.5, 0.6) is 0 Å². The van der Waals surface area contributed by atoms with Gasteiger partial charge in [0, 0.05) is 17.4 Å². The summed E-state index contributed by atoms with van der Waals surface area (Å²) < 4.78 is 1.72. The molecule has 7 heteroatoms. The zero-order valence-electron chi connectivity index (χ0n) is 10.2. The standard InChI is InChI=1S/C13H9ClN4OS/c14-9-4-2-1-3-8(9)7-18-12(19)10-11(17-13(18)20)16-6-5-15-10/h1-6H,7H2,(H,16,17,20). The molecule has 0 aliphatic heterocycles. The lowest BCUT2D eigenvalue weighted by molar-refractivity contribution is 0.730. The van der Waals surface area contributed by atoms with Gasteiger partial charge in [0.1, 0.15) is 0 Å². The maximum Gasteiger partial charge on any atom is 0.282 e. The first-order valence-corrected chi connectivity index (χ1v) is 6.62. The molecule has 2 heterocycles. The second-order valence-electron chi connectivity index (χ2n) is 4.17. The highest BCUT2D eigenvalue weighted by Gasteiger charge is 2.09. The second-order valence-corrected chi connectivity index (χ2v) is 4.96. The first-order valence-electron chi connectivity index (χ1n) is 5.84. The Kier molecular flexibility index (Phi) is 3.33. The van der Waals surface area contributed by atoms with Crippen molar-refractivity contribution in [3.05, 3.63) is 62.4 Å². The molecule has 0 bridgehead atoms. The number of aromatic amines is 1. The Morgan fingerprint density at radius 2 is 2.00 bits per heavy atom. The maximum atomic E-state index is 12.4. The van der Waals surface area contributed by atoms with Gasteiger partial charge in [-0.25, -0.2) is 9.97 Å². The summed E-state index contributed by atoms with van der Waals surface area (Å²) in [7, 11) is 0. The van der Waals surface area contributed by atoms with Crippen molar-refractivity contribution in [2.45, 2.75) is 6.54 Å². The lowest BCUT2D eigenvalue weighted by Gasteiger charge is -2.08. The van der Waals surface area contributed by atoms with Gasteiger partial charge in [0.25, 0.3) is 5.56 Å². The van der Waals surface area contributed by atoms with Crippen LogP contribution in [0.15, 0.2) is 41.5 Å². The van der Waals surface area contributed by atoms with Crippen LogP contribution in [0.1, 0.15) is 5.56 Å². The summed E-state index contributed by atoms with van der Waals surface area (Å²) in [5, 5.41) is 0.591. The predicted molar refractivity (Wildman–Crippen MR) is 79.5 cm³/mol. The molecule has 3 rings (SSSR count). The minimum absolute atomic E-state index is 0.258. The lowest BCUT2D eigenvalue weighted by atomic mass is 10.2. The van der Waals surface area contributed by atoms with Gasteiger partial charge in [-0.15, -0.1) is 0 Å². The summed E-state index contributed by atoms with van der Waals surface area (Å²) >= 11 is 11.3. The smallest absolute Gasteiger partial charge is 0.282 e. The van der Waals surface area contributed by atoms with E-state index < -0.39 is 0 Å². The maximum absolute atomic E-state index is 12.4. The van der Waals surface area contributed by atoms with Crippen molar-refractivity contribution in [1.82, 2.24) is 19.5 Å². The van der Waals surface area contributed by atoms with E-state index in [-0.39, 0.29) is 11.1 Å². The molecule has 2 aromatic heterocycles. The number of benzene rings is 1. The number of aromatic nitrogens is 4. The normalized spacial score (nSPS) is 10.8. The molecule has 0 spiro atoms. The molecule has 1 N–H and O–H groups in total. The van der Waals surface area contributed by atoms with Crippen molar-refractivity contribution >= 4 is 35.0 Å². The highest BCUT2D eigenvalue weighted by Crippen LogP contribution is 2.15. The summed E-state index contributed by atoms with van der Waals surface area (Å²) in [5.74, 6) is 0. The minimum atomic E-state index is -0.281. The molecule has 0 amide bonds. The zero-order valence-corrected chi connectivity index (χ0v) is 11.8. The summed E-state index contributed by atoms with van der Waals surface area (Å²) in [6, 6.07) is 7.32. The Balaban J connectivity index is 2.20. The van der Waals surface area contributed by atoms with Crippen LogP contribution < -0.4 is 5.56 Å². The van der Waals surface area contributed by atoms with E-state index in [1.807, 2.05) is 18.2 Å². The number of fused-ring (bicyclic) bond motifs is 1. The zero-order chi connectivity index (χ0) is 14.1. The Morgan fingerprint density at radius 3 is 2.80 bits per heavy atom. The van der Waals surface area contributed by atoms with Crippen LogP contribution in [-0.4, -0.2) is 19.5 Å². The van der Waals surface area contributed by atoms with Crippen LogP contribution in [0.4, 0.5) is 0 Å². The van der Waals surface area contributed by atoms with Crippen molar-refractivity contribution in [3.63, 3.8) is 0 Å². The molecule has 0 aliphatic carbocycles. The van der Waals surface area contributed by atoms with Crippen LogP contribution in [0.25, 0.3) is 11.2 Å². The van der Waals surface area contributed by atoms with Gasteiger partial charge in [0.2, 0.25) is 0 Å². The SMILES string of the molecule is O=c1c2nccnc2[nH]c(=S)n1Cc1ccccc1Cl. The van der Waals surface area contributed by atoms with Crippen LogP contribution in [0.2, 0.25) is 5.02 Å². The number of nitrogens with one attached hydrogen (secondary N) is 1. The van der Waals surface area contributed by atoms with Gasteiger partial charge < -0.3 is 4.98 Å². The van der Waals surface area contributed by atoms with E-state index in [0.29, 0.717) is 22.0 Å². The average Bonchev–Trinajstić information content (AvgIpc) is 2.45. The fourth-order valence-electron chi connectivity index (χ4n) is 1.92. The van der Waals surface area contributed by atoms with Gasteiger partial charge in [0.05, 0.1) is 6.54 Å². The summed E-state index contributed by atoms with van der Waals surface area (Å²) in [6.07, 6.45) is 2.98. The summed E-state index contributed by atoms with van der Waals surface area (Å²) in [5.41, 5.74) is 1.18. The van der Waals surface area contributed by atoms with E-state index in [4.69, 9.17) is 23.8 Å². The average molecular weight is 305 g/mol. The fourth-order valence-corrected chi connectivity index (χ4v) is 2.36. The van der Waals surface area contributed by atoms with E-state index in [9.17, 15) is 4.79 Å². The molecular formula is C13H9ClN4OS. The molecule has 3 aromatic rings. The van der Waals surface area contributed by atoms with Crippen LogP contribution in [0.3, 0.4) is 0 Å². The number of hydrogen-bond donors (Lipinski definition) is 1. The van der Waals surface area contributed by atoms with Crippen molar-refractivity contribution < 1.29 is 0 Å². The second kappa shape index (κ2) is 5.15. The summed E-state index contributed by atoms with van der Waals surface area (Å²) in [4.78, 5) is 23.4. The van der Waals surface area contributed by atoms with Gasteiger partial charge in [-0.2, -0.15) is 0 Å². The van der Waals surface area contributed by atoms with Crippen LogP contribution >= 0.6 is 23.8 Å². The minimum Gasteiger partial charge on any atom is -0.315 e. The number of halogens is 1. The summed E-state index contributed by atoms with van der Waals surface area (Å²) in [6.45, 7) is 0.292. The monoisotopic (exact) mass is 304 g/mol. The Bertz CT molecular complexity index is 903. The third-order valence-electron chi connectivity index (χ3n) is 2.90. The van der Waals surface area contributed by atoms with E-state index >= 15 is 0 Å². The van der Waals surface area contributed by atoms with E-state index in [1.54, 1.807) is 6.07 Å². The molecule has 0 saturated heterocycles. The molecule has 1 aromatic carbocycles. The first-order chi connectivity index (χ1) is 9.66. The van der Waals surface area contributed by atoms with Gasteiger partial charge in [0.15, 0.2) is 15.9 Å². The van der Waals surface area contributed by atoms with Gasteiger partial charge in [-0.1, -0.05) is 29.8 Å². The Hall–Kier alpha value is -2.05. The molecule has 0 fully saturated rings. The molecular weight excluding hydrogens is 296 g/mol. The Labute approximate surface area is 123 Å². The van der Waals surface area contributed by atoms with E-state index in [0.717, 1.165) is 5.56 Å². The molecule has 0 aliphatic rings. The van der Waals surface area contributed by atoms with Crippen LogP contribution in [0, 0.1) is 4.77 Å².